The van der Waals surface area contributed by atoms with Gasteiger partial charge >= 0.3 is 0 Å². The van der Waals surface area contributed by atoms with Gasteiger partial charge in [0.25, 0.3) is 0 Å². The second-order valence-corrected chi connectivity index (χ2v) is 5.98. The van der Waals surface area contributed by atoms with Gasteiger partial charge in [0.15, 0.2) is 0 Å². The Morgan fingerprint density at radius 2 is 1.52 bits per heavy atom. The molecule has 4 nitrogen and oxygen atoms in total. The van der Waals surface area contributed by atoms with E-state index in [1.807, 2.05) is 0 Å². The standard InChI is InChI=1S/C17H36N2O2/c1-3-4-5-6-7-8-9-10-11-12-17(21)19-14-13-18-15-16(2)20/h16,18,20H,3-15H2,1-2H3,(H,19,21). The first-order valence-corrected chi connectivity index (χ1v) is 8.82. The van der Waals surface area contributed by atoms with Crippen molar-refractivity contribution in [3.8, 4) is 0 Å². The predicted molar refractivity (Wildman–Crippen MR) is 89.4 cm³/mol. The number of rotatable bonds is 15. The Morgan fingerprint density at radius 3 is 2.10 bits per heavy atom. The molecule has 0 fully saturated rings. The number of amides is 1. The summed E-state index contributed by atoms with van der Waals surface area (Å²) in [6.07, 6.45) is 11.8. The second-order valence-electron chi connectivity index (χ2n) is 5.98. The van der Waals surface area contributed by atoms with Crippen molar-refractivity contribution in [3.05, 3.63) is 0 Å². The zero-order valence-corrected chi connectivity index (χ0v) is 14.1. The highest BCUT2D eigenvalue weighted by atomic mass is 16.3. The van der Waals surface area contributed by atoms with Crippen LogP contribution in [0.2, 0.25) is 0 Å². The minimum Gasteiger partial charge on any atom is -0.392 e. The first-order valence-electron chi connectivity index (χ1n) is 8.82. The van der Waals surface area contributed by atoms with Gasteiger partial charge in [-0.25, -0.2) is 0 Å². The van der Waals surface area contributed by atoms with Crippen molar-refractivity contribution >= 4 is 5.91 Å². The van der Waals surface area contributed by atoms with Crippen molar-refractivity contribution in [2.45, 2.75) is 84.2 Å². The normalized spacial score (nSPS) is 12.3. The molecule has 1 unspecified atom stereocenters. The quantitative estimate of drug-likeness (QED) is 0.407. The highest BCUT2D eigenvalue weighted by molar-refractivity contribution is 5.75. The Kier molecular flexibility index (Phi) is 15.3. The van der Waals surface area contributed by atoms with Gasteiger partial charge in [-0.3, -0.25) is 4.79 Å². The Labute approximate surface area is 131 Å². The van der Waals surface area contributed by atoms with E-state index < -0.39 is 0 Å². The summed E-state index contributed by atoms with van der Waals surface area (Å²) in [7, 11) is 0. The van der Waals surface area contributed by atoms with Crippen LogP contribution in [0.3, 0.4) is 0 Å². The fraction of sp³-hybridized carbons (Fsp3) is 0.941. The van der Waals surface area contributed by atoms with Crippen LogP contribution in [0.25, 0.3) is 0 Å². The van der Waals surface area contributed by atoms with Gasteiger partial charge in [-0.1, -0.05) is 58.3 Å². The molecule has 0 aliphatic rings. The van der Waals surface area contributed by atoms with E-state index in [0.717, 1.165) is 6.42 Å². The highest BCUT2D eigenvalue weighted by Crippen LogP contribution is 2.10. The Balaban J connectivity index is 3.16. The van der Waals surface area contributed by atoms with Crippen molar-refractivity contribution in [1.82, 2.24) is 10.6 Å². The molecule has 126 valence electrons. The van der Waals surface area contributed by atoms with Gasteiger partial charge in [0, 0.05) is 26.1 Å². The van der Waals surface area contributed by atoms with E-state index >= 15 is 0 Å². The van der Waals surface area contributed by atoms with Crippen molar-refractivity contribution < 1.29 is 9.90 Å². The van der Waals surface area contributed by atoms with Crippen molar-refractivity contribution in [2.24, 2.45) is 0 Å². The molecule has 0 aromatic rings. The highest BCUT2D eigenvalue weighted by Gasteiger charge is 2.00. The maximum Gasteiger partial charge on any atom is 0.220 e. The lowest BCUT2D eigenvalue weighted by atomic mass is 10.1. The average molecular weight is 300 g/mol. The summed E-state index contributed by atoms with van der Waals surface area (Å²) in [5.41, 5.74) is 0. The molecule has 0 saturated carbocycles. The van der Waals surface area contributed by atoms with Crippen molar-refractivity contribution in [2.75, 3.05) is 19.6 Å². The summed E-state index contributed by atoms with van der Waals surface area (Å²) < 4.78 is 0. The molecule has 1 amide bonds. The Hall–Kier alpha value is -0.610. The Morgan fingerprint density at radius 1 is 0.952 bits per heavy atom. The summed E-state index contributed by atoms with van der Waals surface area (Å²) in [6, 6.07) is 0. The molecule has 1 atom stereocenters. The summed E-state index contributed by atoms with van der Waals surface area (Å²) in [4.78, 5) is 11.6. The van der Waals surface area contributed by atoms with Gasteiger partial charge in [0.1, 0.15) is 0 Å². The fourth-order valence-corrected chi connectivity index (χ4v) is 2.29. The molecule has 0 rings (SSSR count). The molecular formula is C17H36N2O2. The lowest BCUT2D eigenvalue weighted by molar-refractivity contribution is -0.121. The summed E-state index contributed by atoms with van der Waals surface area (Å²) >= 11 is 0. The number of hydrogen-bond donors (Lipinski definition) is 3. The predicted octanol–water partition coefficient (Wildman–Crippen LogP) is 2.99. The third-order valence-corrected chi connectivity index (χ3v) is 3.57. The second kappa shape index (κ2) is 15.8. The van der Waals surface area contributed by atoms with Gasteiger partial charge in [-0.05, 0) is 13.3 Å². The third-order valence-electron chi connectivity index (χ3n) is 3.57. The van der Waals surface area contributed by atoms with E-state index in [1.54, 1.807) is 6.92 Å². The van der Waals surface area contributed by atoms with Gasteiger partial charge in [0.05, 0.1) is 6.10 Å². The molecule has 4 heteroatoms. The number of aliphatic hydroxyl groups is 1. The summed E-state index contributed by atoms with van der Waals surface area (Å²) in [6.45, 7) is 5.93. The van der Waals surface area contributed by atoms with Crippen molar-refractivity contribution in [3.63, 3.8) is 0 Å². The SMILES string of the molecule is CCCCCCCCCCCC(=O)NCCNCC(C)O. The van der Waals surface area contributed by atoms with E-state index in [-0.39, 0.29) is 12.0 Å². The molecule has 0 radical (unpaired) electrons. The zero-order chi connectivity index (χ0) is 15.8. The maximum absolute atomic E-state index is 11.6. The molecular weight excluding hydrogens is 264 g/mol. The van der Waals surface area contributed by atoms with Crippen molar-refractivity contribution in [1.29, 1.82) is 0 Å². The number of carbonyl (C=O) groups is 1. The monoisotopic (exact) mass is 300 g/mol. The van der Waals surface area contributed by atoms with E-state index in [0.29, 0.717) is 26.1 Å². The van der Waals surface area contributed by atoms with Crippen LogP contribution in [-0.4, -0.2) is 36.8 Å². The van der Waals surface area contributed by atoms with Gasteiger partial charge in [-0.2, -0.15) is 0 Å². The van der Waals surface area contributed by atoms with Crippen LogP contribution >= 0.6 is 0 Å². The van der Waals surface area contributed by atoms with Crippen LogP contribution in [0, 0.1) is 0 Å². The largest absolute Gasteiger partial charge is 0.392 e. The number of hydrogen-bond acceptors (Lipinski definition) is 3. The summed E-state index contributed by atoms with van der Waals surface area (Å²) in [5, 5.41) is 15.0. The minimum atomic E-state index is -0.331. The van der Waals surface area contributed by atoms with E-state index in [2.05, 4.69) is 17.6 Å². The van der Waals surface area contributed by atoms with Crippen LogP contribution in [0.4, 0.5) is 0 Å². The lowest BCUT2D eigenvalue weighted by Crippen LogP contribution is -2.34. The fourth-order valence-electron chi connectivity index (χ4n) is 2.29. The summed E-state index contributed by atoms with van der Waals surface area (Å²) in [5.74, 6) is 0.150. The zero-order valence-electron chi connectivity index (χ0n) is 14.1. The molecule has 21 heavy (non-hydrogen) atoms. The topological polar surface area (TPSA) is 61.4 Å². The first-order chi connectivity index (χ1) is 10.2. The molecule has 3 N–H and O–H groups in total. The van der Waals surface area contributed by atoms with Gasteiger partial charge < -0.3 is 15.7 Å². The molecule has 0 aliphatic carbocycles. The Bertz CT molecular complexity index is 233. The smallest absolute Gasteiger partial charge is 0.220 e. The average Bonchev–Trinajstić information content (AvgIpc) is 2.45. The van der Waals surface area contributed by atoms with E-state index in [1.165, 1.54) is 51.4 Å². The molecule has 0 saturated heterocycles. The van der Waals surface area contributed by atoms with Crippen LogP contribution < -0.4 is 10.6 Å². The molecule has 0 spiro atoms. The first kappa shape index (κ1) is 20.4. The molecule has 0 aromatic carbocycles. The molecule has 0 bridgehead atoms. The van der Waals surface area contributed by atoms with Gasteiger partial charge in [-0.15, -0.1) is 0 Å². The van der Waals surface area contributed by atoms with Crippen LogP contribution in [-0.2, 0) is 4.79 Å². The van der Waals surface area contributed by atoms with E-state index in [9.17, 15) is 4.79 Å². The number of unbranched alkanes of at least 4 members (excludes halogenated alkanes) is 8. The van der Waals surface area contributed by atoms with Crippen LogP contribution in [0.5, 0.6) is 0 Å². The van der Waals surface area contributed by atoms with Crippen LogP contribution in [0.1, 0.15) is 78.1 Å². The lowest BCUT2D eigenvalue weighted by Gasteiger charge is -2.08. The molecule has 0 aliphatic heterocycles. The number of nitrogens with one attached hydrogen (secondary N) is 2. The van der Waals surface area contributed by atoms with E-state index in [4.69, 9.17) is 5.11 Å². The maximum atomic E-state index is 11.6. The minimum absolute atomic E-state index is 0.150. The van der Waals surface area contributed by atoms with Gasteiger partial charge in [0.2, 0.25) is 5.91 Å². The van der Waals surface area contributed by atoms with Crippen LogP contribution in [0.15, 0.2) is 0 Å². The molecule has 0 heterocycles. The third kappa shape index (κ3) is 17.3. The number of aliphatic hydroxyl groups excluding tert-OH is 1. The molecule has 0 aromatic heterocycles. The number of carbonyl (C=O) groups excluding carboxylic acids is 1.